The summed E-state index contributed by atoms with van der Waals surface area (Å²) in [6, 6.07) is 6.05. The zero-order valence-electron chi connectivity index (χ0n) is 15.5. The van der Waals surface area contributed by atoms with Gasteiger partial charge >= 0.3 is 0 Å². The number of carbonyl (C=O) groups is 1. The average Bonchev–Trinajstić information content (AvgIpc) is 2.93. The van der Waals surface area contributed by atoms with Crippen molar-refractivity contribution in [2.45, 2.75) is 38.8 Å². The average molecular weight is 371 g/mol. The molecular weight excluding hydrogens is 346 g/mol. The fourth-order valence-electron chi connectivity index (χ4n) is 3.53. The number of fused-ring (bicyclic) bond motifs is 1. The number of hydrogen-bond acceptors (Lipinski definition) is 6. The van der Waals surface area contributed by atoms with E-state index >= 15 is 0 Å². The minimum atomic E-state index is -0.209. The van der Waals surface area contributed by atoms with Crippen molar-refractivity contribution in [3.8, 4) is 11.5 Å². The molecule has 3 heterocycles. The Morgan fingerprint density at radius 3 is 2.85 bits per heavy atom. The number of amides is 1. The predicted molar refractivity (Wildman–Crippen MR) is 99.1 cm³/mol. The summed E-state index contributed by atoms with van der Waals surface area (Å²) in [5.41, 5.74) is 2.16. The van der Waals surface area contributed by atoms with Crippen molar-refractivity contribution in [3.05, 3.63) is 35.2 Å². The summed E-state index contributed by atoms with van der Waals surface area (Å²) in [7, 11) is 0. The lowest BCUT2D eigenvalue weighted by molar-refractivity contribution is 0.0945. The molecule has 1 saturated heterocycles. The van der Waals surface area contributed by atoms with Crippen LogP contribution in [-0.2, 0) is 6.54 Å². The van der Waals surface area contributed by atoms with E-state index in [4.69, 9.17) is 9.47 Å². The molecule has 0 bridgehead atoms. The Bertz CT molecular complexity index is 814. The van der Waals surface area contributed by atoms with Gasteiger partial charge in [-0.15, -0.1) is 5.10 Å². The van der Waals surface area contributed by atoms with E-state index in [1.165, 1.54) is 0 Å². The Morgan fingerprint density at radius 1 is 1.26 bits per heavy atom. The van der Waals surface area contributed by atoms with Gasteiger partial charge in [-0.3, -0.25) is 4.79 Å². The summed E-state index contributed by atoms with van der Waals surface area (Å²) in [5, 5.41) is 14.6. The molecule has 2 N–H and O–H groups in total. The molecule has 1 fully saturated rings. The largest absolute Gasteiger partial charge is 0.490 e. The molecule has 0 aliphatic carbocycles. The molecule has 0 saturated carbocycles. The van der Waals surface area contributed by atoms with Crippen LogP contribution < -0.4 is 20.1 Å². The van der Waals surface area contributed by atoms with Gasteiger partial charge in [0.15, 0.2) is 17.2 Å². The van der Waals surface area contributed by atoms with Gasteiger partial charge in [-0.1, -0.05) is 11.3 Å². The highest BCUT2D eigenvalue weighted by Crippen LogP contribution is 2.30. The lowest BCUT2D eigenvalue weighted by Crippen LogP contribution is -2.30. The fourth-order valence-corrected chi connectivity index (χ4v) is 3.53. The minimum absolute atomic E-state index is 0.209. The topological polar surface area (TPSA) is 90.3 Å². The Balaban J connectivity index is 1.41. The van der Waals surface area contributed by atoms with Crippen LogP contribution in [0.2, 0.25) is 0 Å². The first-order chi connectivity index (χ1) is 13.2. The van der Waals surface area contributed by atoms with Gasteiger partial charge in [0.25, 0.3) is 5.91 Å². The zero-order valence-corrected chi connectivity index (χ0v) is 15.5. The molecular formula is C19H25N5O3. The molecule has 8 heteroatoms. The van der Waals surface area contributed by atoms with Crippen LogP contribution in [0.5, 0.6) is 11.5 Å². The molecule has 2 aromatic rings. The van der Waals surface area contributed by atoms with Crippen molar-refractivity contribution >= 4 is 5.91 Å². The molecule has 0 unspecified atom stereocenters. The third-order valence-corrected chi connectivity index (χ3v) is 5.06. The smallest absolute Gasteiger partial charge is 0.274 e. The highest BCUT2D eigenvalue weighted by molar-refractivity contribution is 5.93. The second kappa shape index (κ2) is 7.96. The van der Waals surface area contributed by atoms with Crippen LogP contribution in [0.15, 0.2) is 18.2 Å². The molecule has 2 aliphatic heterocycles. The third kappa shape index (κ3) is 3.90. The summed E-state index contributed by atoms with van der Waals surface area (Å²) in [6.45, 7) is 5.54. The Kier molecular flexibility index (Phi) is 5.24. The second-order valence-corrected chi connectivity index (χ2v) is 6.96. The van der Waals surface area contributed by atoms with Gasteiger partial charge in [0.05, 0.1) is 24.9 Å². The van der Waals surface area contributed by atoms with Crippen LogP contribution >= 0.6 is 0 Å². The molecule has 1 amide bonds. The summed E-state index contributed by atoms with van der Waals surface area (Å²) in [6.07, 6.45) is 2.87. The molecule has 1 aromatic carbocycles. The summed E-state index contributed by atoms with van der Waals surface area (Å²) >= 11 is 0. The molecule has 1 aromatic heterocycles. The first-order valence-corrected chi connectivity index (χ1v) is 9.51. The molecule has 4 rings (SSSR count). The van der Waals surface area contributed by atoms with Crippen LogP contribution in [0.25, 0.3) is 0 Å². The maximum absolute atomic E-state index is 12.6. The number of ether oxygens (including phenoxy) is 2. The molecule has 2 aliphatic rings. The van der Waals surface area contributed by atoms with Crippen molar-refractivity contribution in [2.75, 3.05) is 26.3 Å². The third-order valence-electron chi connectivity index (χ3n) is 5.06. The van der Waals surface area contributed by atoms with Crippen molar-refractivity contribution in [2.24, 2.45) is 0 Å². The van der Waals surface area contributed by atoms with E-state index < -0.39 is 0 Å². The number of benzene rings is 1. The summed E-state index contributed by atoms with van der Waals surface area (Å²) in [4.78, 5) is 12.6. The van der Waals surface area contributed by atoms with Gasteiger partial charge in [-0.2, -0.15) is 0 Å². The van der Waals surface area contributed by atoms with E-state index in [1.807, 2.05) is 29.8 Å². The fraction of sp³-hybridized carbons (Fsp3) is 0.526. The first kappa shape index (κ1) is 17.8. The molecule has 0 spiro atoms. The summed E-state index contributed by atoms with van der Waals surface area (Å²) in [5.74, 6) is 1.27. The van der Waals surface area contributed by atoms with Crippen molar-refractivity contribution in [1.29, 1.82) is 0 Å². The normalized spacial score (nSPS) is 17.4. The van der Waals surface area contributed by atoms with E-state index in [-0.39, 0.29) is 5.91 Å². The monoisotopic (exact) mass is 371 g/mol. The maximum Gasteiger partial charge on any atom is 0.274 e. The number of nitrogens with one attached hydrogen (secondary N) is 2. The van der Waals surface area contributed by atoms with Crippen LogP contribution in [-0.4, -0.2) is 47.2 Å². The molecule has 0 atom stereocenters. The molecule has 144 valence electrons. The standard InChI is InChI=1S/C19H25N5O3/c1-13-18(22-23-24(13)15-5-7-20-8-6-15)19(25)21-12-14-3-4-16-17(11-14)27-10-2-9-26-16/h3-4,11,15,20H,2,5-10,12H2,1H3,(H,21,25). The quantitative estimate of drug-likeness (QED) is 0.849. The highest BCUT2D eigenvalue weighted by Gasteiger charge is 2.22. The van der Waals surface area contributed by atoms with Crippen molar-refractivity contribution in [3.63, 3.8) is 0 Å². The van der Waals surface area contributed by atoms with E-state index in [9.17, 15) is 4.79 Å². The Morgan fingerprint density at radius 2 is 2.04 bits per heavy atom. The number of aromatic nitrogens is 3. The Labute approximate surface area is 158 Å². The van der Waals surface area contributed by atoms with Crippen LogP contribution in [0, 0.1) is 6.92 Å². The predicted octanol–water partition coefficient (Wildman–Crippen LogP) is 1.60. The number of carbonyl (C=O) groups excluding carboxylic acids is 1. The highest BCUT2D eigenvalue weighted by atomic mass is 16.5. The number of nitrogens with zero attached hydrogens (tertiary/aromatic N) is 3. The Hall–Kier alpha value is -2.61. The molecule has 8 nitrogen and oxygen atoms in total. The van der Waals surface area contributed by atoms with Gasteiger partial charge in [-0.25, -0.2) is 4.68 Å². The van der Waals surface area contributed by atoms with Gasteiger partial charge in [-0.05, 0) is 50.6 Å². The van der Waals surface area contributed by atoms with Gasteiger partial charge in [0.1, 0.15) is 0 Å². The second-order valence-electron chi connectivity index (χ2n) is 6.96. The van der Waals surface area contributed by atoms with Gasteiger partial charge < -0.3 is 20.1 Å². The lowest BCUT2D eigenvalue weighted by Gasteiger charge is -2.23. The zero-order chi connectivity index (χ0) is 18.6. The first-order valence-electron chi connectivity index (χ1n) is 9.51. The maximum atomic E-state index is 12.6. The number of piperidine rings is 1. The van der Waals surface area contributed by atoms with Gasteiger partial charge in [0.2, 0.25) is 0 Å². The SMILES string of the molecule is Cc1c(C(=O)NCc2ccc3c(c2)OCCCO3)nnn1C1CCNCC1. The van der Waals surface area contributed by atoms with Crippen LogP contribution in [0.1, 0.15) is 47.1 Å². The molecule has 0 radical (unpaired) electrons. The van der Waals surface area contributed by atoms with Crippen LogP contribution in [0.3, 0.4) is 0 Å². The van der Waals surface area contributed by atoms with Crippen molar-refractivity contribution in [1.82, 2.24) is 25.6 Å². The number of rotatable bonds is 4. The molecule has 27 heavy (non-hydrogen) atoms. The number of hydrogen-bond donors (Lipinski definition) is 2. The van der Waals surface area contributed by atoms with E-state index in [1.54, 1.807) is 0 Å². The lowest BCUT2D eigenvalue weighted by atomic mass is 10.1. The van der Waals surface area contributed by atoms with E-state index in [0.717, 1.165) is 55.1 Å². The van der Waals surface area contributed by atoms with E-state index in [0.29, 0.717) is 31.5 Å². The summed E-state index contributed by atoms with van der Waals surface area (Å²) < 4.78 is 13.2. The minimum Gasteiger partial charge on any atom is -0.490 e. The van der Waals surface area contributed by atoms with E-state index in [2.05, 4.69) is 20.9 Å². The van der Waals surface area contributed by atoms with Crippen molar-refractivity contribution < 1.29 is 14.3 Å². The van der Waals surface area contributed by atoms with Gasteiger partial charge in [0, 0.05) is 13.0 Å². The van der Waals surface area contributed by atoms with Crippen LogP contribution in [0.4, 0.5) is 0 Å².